The maximum atomic E-state index is 12.7. The molecule has 0 aliphatic heterocycles. The summed E-state index contributed by atoms with van der Waals surface area (Å²) in [6, 6.07) is 24.7. The third-order valence-electron chi connectivity index (χ3n) is 12.6. The number of phenols is 1. The summed E-state index contributed by atoms with van der Waals surface area (Å²) in [4.78, 5) is -3.90. The minimum absolute atomic E-state index is 0.0153. The third kappa shape index (κ3) is 16.4. The van der Waals surface area contributed by atoms with Crippen LogP contribution in [0.25, 0.3) is 21.5 Å². The van der Waals surface area contributed by atoms with Gasteiger partial charge in [-0.15, -0.1) is 30.7 Å². The molecular weight excluding hydrogens is 1270 g/mol. The third-order valence-corrected chi connectivity index (χ3v) is 16.9. The molecule has 0 bridgehead atoms. The summed E-state index contributed by atoms with van der Waals surface area (Å²) in [5.41, 5.74) is 6.40. The molecule has 36 heteroatoms. The van der Waals surface area contributed by atoms with E-state index in [2.05, 4.69) is 46.2 Å². The molecule has 31 nitrogen and oxygen atoms in total. The number of nitrogen functional groups attached to an aromatic ring is 1. The molecule has 0 amide bonds. The first kappa shape index (κ1) is 65.6. The van der Waals surface area contributed by atoms with E-state index in [1.165, 1.54) is 69.9 Å². The molecule has 8 aromatic carbocycles. The van der Waals surface area contributed by atoms with Gasteiger partial charge in [-0.1, -0.05) is 0 Å². The minimum atomic E-state index is -5.26. The van der Waals surface area contributed by atoms with Crippen molar-refractivity contribution in [3.8, 4) is 34.5 Å². The lowest BCUT2D eigenvalue weighted by Crippen LogP contribution is -2.08. The van der Waals surface area contributed by atoms with Gasteiger partial charge in [0.15, 0.2) is 12.5 Å². The number of unbranched alkanes of at least 4 members (excludes halogenated alkanes) is 1. The first-order chi connectivity index (χ1) is 41.8. The van der Waals surface area contributed by atoms with E-state index in [1.807, 2.05) is 0 Å². The number of methoxy groups -OCH3 is 3. The molecule has 0 spiro atoms. The molecule has 0 saturated heterocycles. The topological polar surface area (TPSA) is 475 Å². The van der Waals surface area contributed by atoms with Crippen LogP contribution in [-0.4, -0.2) is 110 Å². The van der Waals surface area contributed by atoms with Crippen LogP contribution in [0.2, 0.25) is 0 Å². The zero-order valence-electron chi connectivity index (χ0n) is 46.5. The molecule has 0 aliphatic rings. The number of azo groups is 4. The standard InChI is InChI=1S/C53H50N10O21S5/c1-29-17-41(59-60-42-26-47(82-4)43(27-46(42)81-3)61-63-52-51(89(77,78)79)21-30-18-33(9-13-37(30)53(52)64)55-28-84-35-11-7-32(54)8-12-35)45(80-2)25-40(29)58-56-34-10-14-39(48(22-34)83-15-5-6-16-85(65,66)67)57-62-44-24-38-31(20-50(44)88(74,75)76)19-36(86(68,69)70)23-49(38)87(71,72)73/h7-14,17-27,55,64H,5-6,15-16,28,54H2,1-4H3,(H,65,66,67)(H,68,69,70)(H,71,72,73)(H,74,75,76)(H,77,78,79). The van der Waals surface area contributed by atoms with Crippen LogP contribution in [0.4, 0.5) is 56.9 Å². The molecule has 0 aliphatic carbocycles. The van der Waals surface area contributed by atoms with Gasteiger partial charge in [0.1, 0.15) is 77.6 Å². The van der Waals surface area contributed by atoms with Gasteiger partial charge in [0.05, 0.1) is 50.0 Å². The van der Waals surface area contributed by atoms with Crippen molar-refractivity contribution in [1.82, 2.24) is 0 Å². The van der Waals surface area contributed by atoms with E-state index in [0.717, 1.165) is 12.1 Å². The second-order valence-corrected chi connectivity index (χ2v) is 25.9. The van der Waals surface area contributed by atoms with Crippen molar-refractivity contribution in [3.05, 3.63) is 121 Å². The number of fused-ring (bicyclic) bond motifs is 2. The van der Waals surface area contributed by atoms with E-state index >= 15 is 0 Å². The number of rotatable bonds is 25. The largest absolute Gasteiger partial charge is 0.505 e. The van der Waals surface area contributed by atoms with Gasteiger partial charge in [0.2, 0.25) is 0 Å². The van der Waals surface area contributed by atoms with Gasteiger partial charge in [-0.3, -0.25) is 22.8 Å². The summed E-state index contributed by atoms with van der Waals surface area (Å²) in [6.45, 7) is 1.49. The number of hydrogen-bond donors (Lipinski definition) is 8. The Labute approximate surface area is 507 Å². The Morgan fingerprint density at radius 3 is 1.62 bits per heavy atom. The summed E-state index contributed by atoms with van der Waals surface area (Å²) in [5, 5.41) is 47.3. The van der Waals surface area contributed by atoms with E-state index in [1.54, 1.807) is 43.3 Å². The van der Waals surface area contributed by atoms with Crippen molar-refractivity contribution in [2.45, 2.75) is 39.3 Å². The smallest absolute Gasteiger partial charge is 0.296 e. The molecule has 0 radical (unpaired) electrons. The number of anilines is 2. The zero-order valence-corrected chi connectivity index (χ0v) is 50.6. The highest BCUT2D eigenvalue weighted by Crippen LogP contribution is 2.46. The van der Waals surface area contributed by atoms with Gasteiger partial charge in [-0.2, -0.15) is 52.3 Å². The summed E-state index contributed by atoms with van der Waals surface area (Å²) in [5.74, 6) is -0.541. The summed E-state index contributed by atoms with van der Waals surface area (Å²) >= 11 is 0. The van der Waals surface area contributed by atoms with Crippen molar-refractivity contribution in [2.75, 3.05) is 51.5 Å². The van der Waals surface area contributed by atoms with Gasteiger partial charge < -0.3 is 39.8 Å². The number of nitrogens with two attached hydrogens (primary N) is 1. The molecule has 0 atom stereocenters. The number of aromatic hydroxyl groups is 1. The molecule has 0 saturated carbocycles. The van der Waals surface area contributed by atoms with Gasteiger partial charge in [-0.05, 0) is 127 Å². The highest BCUT2D eigenvalue weighted by Gasteiger charge is 2.26. The maximum Gasteiger partial charge on any atom is 0.296 e. The van der Waals surface area contributed by atoms with E-state index in [9.17, 15) is 70.0 Å². The van der Waals surface area contributed by atoms with Crippen molar-refractivity contribution in [2.24, 2.45) is 40.9 Å². The van der Waals surface area contributed by atoms with Crippen LogP contribution in [0.5, 0.6) is 34.5 Å². The average molecular weight is 1320 g/mol. The SMILES string of the molecule is COc1cc(N=Nc2ccc(N=Nc3cc4c(S(=O)(=O)O)cc(S(=O)(=O)O)cc4cc3S(=O)(=O)O)c(OCCCCS(=O)(=O)O)c2)c(C)cc1N=Nc1cc(OC)c(N=Nc2c(S(=O)(=O)O)cc3cc(NCOc4ccc(N)cc4)ccc3c2O)cc1OC. The van der Waals surface area contributed by atoms with Gasteiger partial charge >= 0.3 is 0 Å². The molecule has 468 valence electrons. The monoisotopic (exact) mass is 1320 g/mol. The number of benzene rings is 8. The van der Waals surface area contributed by atoms with Gasteiger partial charge in [-0.25, -0.2) is 0 Å². The molecule has 9 N–H and O–H groups in total. The van der Waals surface area contributed by atoms with Crippen molar-refractivity contribution in [1.29, 1.82) is 0 Å². The van der Waals surface area contributed by atoms with E-state index in [4.69, 9.17) is 29.4 Å². The quantitative estimate of drug-likeness (QED) is 0.00866. The van der Waals surface area contributed by atoms with Crippen LogP contribution in [-0.2, 0) is 50.6 Å². The van der Waals surface area contributed by atoms with E-state index in [-0.39, 0.29) is 94.1 Å². The molecular formula is C53H50N10O21S5. The zero-order chi connectivity index (χ0) is 64.8. The summed E-state index contributed by atoms with van der Waals surface area (Å²) in [6.07, 6.45) is 0.0197. The number of aryl methyl sites for hydroxylation is 1. The molecule has 8 aromatic rings. The fourth-order valence-electron chi connectivity index (χ4n) is 8.28. The Morgan fingerprint density at radius 1 is 0.472 bits per heavy atom. The van der Waals surface area contributed by atoms with Crippen molar-refractivity contribution in [3.63, 3.8) is 0 Å². The Kier molecular flexibility index (Phi) is 19.6. The molecule has 0 aromatic heterocycles. The maximum absolute atomic E-state index is 12.7. The molecule has 89 heavy (non-hydrogen) atoms. The van der Waals surface area contributed by atoms with Crippen LogP contribution >= 0.6 is 0 Å². The average Bonchev–Trinajstić information content (AvgIpc) is 0.783. The highest BCUT2D eigenvalue weighted by atomic mass is 32.2. The fourth-order valence-corrected chi connectivity index (χ4v) is 11.5. The van der Waals surface area contributed by atoms with Crippen LogP contribution in [0, 0.1) is 6.92 Å². The van der Waals surface area contributed by atoms with Gasteiger partial charge in [0, 0.05) is 46.4 Å². The Bertz CT molecular complexity index is 4820. The highest BCUT2D eigenvalue weighted by molar-refractivity contribution is 7.87. The van der Waals surface area contributed by atoms with Crippen LogP contribution in [0.3, 0.4) is 0 Å². The first-order valence-electron chi connectivity index (χ1n) is 25.2. The molecule has 8 rings (SSSR count). The van der Waals surface area contributed by atoms with Crippen LogP contribution < -0.4 is 34.7 Å². The molecule has 0 unspecified atom stereocenters. The Balaban J connectivity index is 1.06. The number of ether oxygens (including phenoxy) is 5. The predicted molar refractivity (Wildman–Crippen MR) is 320 cm³/mol. The first-order valence-corrected chi connectivity index (χ1v) is 32.6. The normalized spacial score (nSPS) is 12.7. The summed E-state index contributed by atoms with van der Waals surface area (Å²) in [7, 11) is -21.0. The number of nitrogens with one attached hydrogen (secondary N) is 1. The van der Waals surface area contributed by atoms with E-state index in [0.29, 0.717) is 40.9 Å². The van der Waals surface area contributed by atoms with Gasteiger partial charge in [0.25, 0.3) is 50.6 Å². The lowest BCUT2D eigenvalue weighted by Gasteiger charge is -2.13. The summed E-state index contributed by atoms with van der Waals surface area (Å²) < 4.78 is 199. The van der Waals surface area contributed by atoms with Crippen molar-refractivity contribution < 1.29 is 93.6 Å². The predicted octanol–water partition coefficient (Wildman–Crippen LogP) is 11.8. The number of phenolic OH excluding ortho intramolecular Hbond substituents is 1. The minimum Gasteiger partial charge on any atom is -0.505 e. The second-order valence-electron chi connectivity index (χ2n) is 18.7. The number of nitrogens with zero attached hydrogens (tertiary/aromatic N) is 8. The fraction of sp³-hybridized carbons (Fsp3) is 0.170. The van der Waals surface area contributed by atoms with Crippen LogP contribution in [0.1, 0.15) is 18.4 Å². The Hall–Kier alpha value is -9.37. The second kappa shape index (κ2) is 26.5. The Morgan fingerprint density at radius 2 is 1.02 bits per heavy atom. The number of hydrogen-bond acceptors (Lipinski definition) is 26. The van der Waals surface area contributed by atoms with Crippen molar-refractivity contribution >= 4 is 129 Å². The van der Waals surface area contributed by atoms with Crippen LogP contribution in [0.15, 0.2) is 176 Å². The molecule has 0 heterocycles. The van der Waals surface area contributed by atoms with E-state index < -0.39 is 104 Å². The molecule has 0 fully saturated rings. The lowest BCUT2D eigenvalue weighted by molar-refractivity contribution is 0.310. The lowest BCUT2D eigenvalue weighted by atomic mass is 10.1.